The summed E-state index contributed by atoms with van der Waals surface area (Å²) in [6.45, 7) is 1.46. The van der Waals surface area contributed by atoms with Gasteiger partial charge in [-0.2, -0.15) is 0 Å². The van der Waals surface area contributed by atoms with E-state index in [1.165, 1.54) is 11.1 Å². The number of rotatable bonds is 4. The van der Waals surface area contributed by atoms with Gasteiger partial charge in [0.25, 0.3) is 0 Å². The highest BCUT2D eigenvalue weighted by atomic mass is 16.5. The highest BCUT2D eigenvalue weighted by molar-refractivity contribution is 5.45. The number of methoxy groups -OCH3 is 1. The Bertz CT molecular complexity index is 338. The van der Waals surface area contributed by atoms with Gasteiger partial charge in [-0.05, 0) is 12.6 Å². The molecule has 0 radical (unpaired) electrons. The van der Waals surface area contributed by atoms with E-state index >= 15 is 0 Å². The molecule has 1 heterocycles. The van der Waals surface area contributed by atoms with Gasteiger partial charge in [0.05, 0.1) is 19.3 Å². The molecule has 0 aliphatic carbocycles. The average molecular weight is 207 g/mol. The standard InChI is InChI=1S/C12H17NO2/c1-13-11(8-14-2)10-5-3-4-9-6-7-15-12(9)10/h3-5,11,13H,6-8H2,1-2H3. The Morgan fingerprint density at radius 1 is 1.53 bits per heavy atom. The zero-order valence-corrected chi connectivity index (χ0v) is 9.25. The second-order valence-electron chi connectivity index (χ2n) is 3.73. The minimum Gasteiger partial charge on any atom is -0.493 e. The lowest BCUT2D eigenvalue weighted by Crippen LogP contribution is -2.21. The molecule has 0 spiro atoms. The van der Waals surface area contributed by atoms with E-state index in [1.54, 1.807) is 7.11 Å². The fourth-order valence-corrected chi connectivity index (χ4v) is 2.01. The van der Waals surface area contributed by atoms with E-state index in [4.69, 9.17) is 9.47 Å². The molecule has 15 heavy (non-hydrogen) atoms. The molecule has 3 nitrogen and oxygen atoms in total. The van der Waals surface area contributed by atoms with Gasteiger partial charge in [0.15, 0.2) is 0 Å². The van der Waals surface area contributed by atoms with Crippen LogP contribution >= 0.6 is 0 Å². The maximum absolute atomic E-state index is 5.66. The molecule has 1 aliphatic heterocycles. The van der Waals surface area contributed by atoms with Crippen molar-refractivity contribution < 1.29 is 9.47 Å². The van der Waals surface area contributed by atoms with Crippen LogP contribution in [0.3, 0.4) is 0 Å². The van der Waals surface area contributed by atoms with Crippen molar-refractivity contribution in [1.29, 1.82) is 0 Å². The molecule has 1 aromatic rings. The summed E-state index contributed by atoms with van der Waals surface area (Å²) < 4.78 is 10.9. The second-order valence-corrected chi connectivity index (χ2v) is 3.73. The third-order valence-corrected chi connectivity index (χ3v) is 2.80. The zero-order valence-electron chi connectivity index (χ0n) is 9.25. The van der Waals surface area contributed by atoms with Crippen molar-refractivity contribution in [2.24, 2.45) is 0 Å². The van der Waals surface area contributed by atoms with Gasteiger partial charge in [0.1, 0.15) is 5.75 Å². The average Bonchev–Trinajstić information content (AvgIpc) is 2.73. The largest absolute Gasteiger partial charge is 0.493 e. The number of hydrogen-bond acceptors (Lipinski definition) is 3. The van der Waals surface area contributed by atoms with E-state index in [9.17, 15) is 0 Å². The van der Waals surface area contributed by atoms with Crippen LogP contribution in [-0.4, -0.2) is 27.4 Å². The first-order valence-electron chi connectivity index (χ1n) is 5.27. The highest BCUT2D eigenvalue weighted by Crippen LogP contribution is 2.33. The molecule has 82 valence electrons. The Labute approximate surface area is 90.4 Å². The number of fused-ring (bicyclic) bond motifs is 1. The SMILES string of the molecule is CNC(COC)c1cccc2c1OCC2. The predicted octanol–water partition coefficient (Wildman–Crippen LogP) is 1.53. The van der Waals surface area contributed by atoms with Crippen LogP contribution < -0.4 is 10.1 Å². The fourth-order valence-electron chi connectivity index (χ4n) is 2.01. The van der Waals surface area contributed by atoms with Crippen LogP contribution in [0.15, 0.2) is 18.2 Å². The molecule has 0 fully saturated rings. The van der Waals surface area contributed by atoms with Crippen molar-refractivity contribution in [3.63, 3.8) is 0 Å². The Kier molecular flexibility index (Phi) is 3.23. The van der Waals surface area contributed by atoms with Crippen LogP contribution in [0.5, 0.6) is 5.75 Å². The normalized spacial score (nSPS) is 15.9. The van der Waals surface area contributed by atoms with Crippen LogP contribution in [0.1, 0.15) is 17.2 Å². The smallest absolute Gasteiger partial charge is 0.127 e. The van der Waals surface area contributed by atoms with Crippen molar-refractivity contribution in [2.75, 3.05) is 27.4 Å². The molecule has 1 atom stereocenters. The molecule has 2 rings (SSSR count). The Hall–Kier alpha value is -1.06. The molecule has 0 saturated carbocycles. The van der Waals surface area contributed by atoms with Crippen molar-refractivity contribution in [3.8, 4) is 5.75 Å². The quantitative estimate of drug-likeness (QED) is 0.812. The summed E-state index contributed by atoms with van der Waals surface area (Å²) in [6, 6.07) is 6.53. The Morgan fingerprint density at radius 2 is 2.40 bits per heavy atom. The maximum atomic E-state index is 5.66. The van der Waals surface area contributed by atoms with Gasteiger partial charge in [-0.25, -0.2) is 0 Å². The fraction of sp³-hybridized carbons (Fsp3) is 0.500. The van der Waals surface area contributed by atoms with Crippen LogP contribution in [0, 0.1) is 0 Å². The topological polar surface area (TPSA) is 30.5 Å². The molecule has 1 unspecified atom stereocenters. The third-order valence-electron chi connectivity index (χ3n) is 2.80. The van der Waals surface area contributed by atoms with Gasteiger partial charge < -0.3 is 14.8 Å². The lowest BCUT2D eigenvalue weighted by Gasteiger charge is -2.18. The van der Waals surface area contributed by atoms with E-state index in [0.717, 1.165) is 18.8 Å². The number of nitrogens with one attached hydrogen (secondary N) is 1. The summed E-state index contributed by atoms with van der Waals surface area (Å²) in [5.74, 6) is 1.05. The monoisotopic (exact) mass is 207 g/mol. The minimum atomic E-state index is 0.211. The molecule has 1 aliphatic rings. The molecule has 3 heteroatoms. The Balaban J connectivity index is 2.30. The van der Waals surface area contributed by atoms with E-state index in [-0.39, 0.29) is 6.04 Å². The van der Waals surface area contributed by atoms with Crippen LogP contribution in [0.4, 0.5) is 0 Å². The summed E-state index contributed by atoms with van der Waals surface area (Å²) in [5.41, 5.74) is 2.51. The molecule has 1 aromatic carbocycles. The third kappa shape index (κ3) is 1.98. The van der Waals surface area contributed by atoms with Crippen molar-refractivity contribution in [1.82, 2.24) is 5.32 Å². The number of benzene rings is 1. The number of hydrogen-bond donors (Lipinski definition) is 1. The van der Waals surface area contributed by atoms with Crippen molar-refractivity contribution in [3.05, 3.63) is 29.3 Å². The number of ether oxygens (including phenoxy) is 2. The van der Waals surface area contributed by atoms with E-state index in [2.05, 4.69) is 23.5 Å². The highest BCUT2D eigenvalue weighted by Gasteiger charge is 2.20. The molecular weight excluding hydrogens is 190 g/mol. The summed E-state index contributed by atoms with van der Waals surface area (Å²) in [5, 5.41) is 3.24. The van der Waals surface area contributed by atoms with Gasteiger partial charge in [-0.1, -0.05) is 18.2 Å². The maximum Gasteiger partial charge on any atom is 0.127 e. The summed E-state index contributed by atoms with van der Waals surface area (Å²) in [4.78, 5) is 0. The van der Waals surface area contributed by atoms with Crippen LogP contribution in [0.2, 0.25) is 0 Å². The molecular formula is C12H17NO2. The van der Waals surface area contributed by atoms with Gasteiger partial charge in [0.2, 0.25) is 0 Å². The number of likely N-dealkylation sites (N-methyl/N-ethyl adjacent to an activating group) is 1. The lowest BCUT2D eigenvalue weighted by atomic mass is 10.0. The summed E-state index contributed by atoms with van der Waals surface area (Å²) in [6.07, 6.45) is 1.02. The molecule has 0 amide bonds. The van der Waals surface area contributed by atoms with Crippen molar-refractivity contribution in [2.45, 2.75) is 12.5 Å². The summed E-state index contributed by atoms with van der Waals surface area (Å²) >= 11 is 0. The zero-order chi connectivity index (χ0) is 10.7. The second kappa shape index (κ2) is 4.64. The van der Waals surface area contributed by atoms with Gasteiger partial charge >= 0.3 is 0 Å². The first-order chi connectivity index (χ1) is 7.36. The Morgan fingerprint density at radius 3 is 3.13 bits per heavy atom. The number of para-hydroxylation sites is 1. The van der Waals surface area contributed by atoms with Gasteiger partial charge in [0, 0.05) is 19.1 Å². The first-order valence-corrected chi connectivity index (χ1v) is 5.27. The molecule has 0 aromatic heterocycles. The predicted molar refractivity (Wildman–Crippen MR) is 59.3 cm³/mol. The van der Waals surface area contributed by atoms with E-state index < -0.39 is 0 Å². The van der Waals surface area contributed by atoms with Gasteiger partial charge in [-0.15, -0.1) is 0 Å². The van der Waals surface area contributed by atoms with Crippen molar-refractivity contribution >= 4 is 0 Å². The molecule has 1 N–H and O–H groups in total. The van der Waals surface area contributed by atoms with Crippen LogP contribution in [-0.2, 0) is 11.2 Å². The van der Waals surface area contributed by atoms with Gasteiger partial charge in [-0.3, -0.25) is 0 Å². The molecule has 0 saturated heterocycles. The molecule has 0 bridgehead atoms. The van der Waals surface area contributed by atoms with Crippen LogP contribution in [0.25, 0.3) is 0 Å². The first kappa shape index (κ1) is 10.5. The summed E-state index contributed by atoms with van der Waals surface area (Å²) in [7, 11) is 3.66. The van der Waals surface area contributed by atoms with E-state index in [1.807, 2.05) is 7.05 Å². The minimum absolute atomic E-state index is 0.211. The lowest BCUT2D eigenvalue weighted by molar-refractivity contribution is 0.169. The van der Waals surface area contributed by atoms with E-state index in [0.29, 0.717) is 6.61 Å².